The van der Waals surface area contributed by atoms with Gasteiger partial charge in [0.15, 0.2) is 11.5 Å². The number of rotatable bonds is 2. The summed E-state index contributed by atoms with van der Waals surface area (Å²) in [5, 5.41) is 3.45. The Bertz CT molecular complexity index is 489. The van der Waals surface area contributed by atoms with Crippen LogP contribution in [0.5, 0.6) is 11.5 Å². The zero-order chi connectivity index (χ0) is 13.9. The smallest absolute Gasteiger partial charge is 0.178 e. The Morgan fingerprint density at radius 2 is 2.10 bits per heavy atom. The van der Waals surface area contributed by atoms with Crippen molar-refractivity contribution in [1.29, 1.82) is 0 Å². The highest BCUT2D eigenvalue weighted by Crippen LogP contribution is 2.41. The summed E-state index contributed by atoms with van der Waals surface area (Å²) in [5.41, 5.74) is 0.695. The Morgan fingerprint density at radius 3 is 2.90 bits per heavy atom. The van der Waals surface area contributed by atoms with E-state index >= 15 is 0 Å². The molecule has 0 radical (unpaired) electrons. The fourth-order valence-corrected chi connectivity index (χ4v) is 3.37. The third-order valence-corrected chi connectivity index (χ3v) is 4.58. The second-order valence-corrected chi connectivity index (χ2v) is 6.19. The third kappa shape index (κ3) is 2.93. The van der Waals surface area contributed by atoms with Gasteiger partial charge >= 0.3 is 0 Å². The predicted octanol–water partition coefficient (Wildman–Crippen LogP) is 3.43. The van der Waals surface area contributed by atoms with Gasteiger partial charge in [-0.3, -0.25) is 0 Å². The molecular weight excluding hydrogens is 325 g/mol. The zero-order valence-corrected chi connectivity index (χ0v) is 13.0. The number of piperidine rings is 1. The van der Waals surface area contributed by atoms with Crippen molar-refractivity contribution >= 4 is 15.9 Å². The van der Waals surface area contributed by atoms with E-state index in [9.17, 15) is 4.39 Å². The number of nitrogens with one attached hydrogen (secondary N) is 1. The van der Waals surface area contributed by atoms with Gasteiger partial charge in [0.05, 0.1) is 17.7 Å². The van der Waals surface area contributed by atoms with Crippen LogP contribution in [0.2, 0.25) is 0 Å². The van der Waals surface area contributed by atoms with Crippen LogP contribution in [-0.2, 0) is 6.42 Å². The Kier molecular flexibility index (Phi) is 4.46. The molecule has 2 heterocycles. The summed E-state index contributed by atoms with van der Waals surface area (Å²) < 4.78 is 26.1. The predicted molar refractivity (Wildman–Crippen MR) is 79.1 cm³/mol. The summed E-state index contributed by atoms with van der Waals surface area (Å²) in [5.74, 6) is 0.934. The minimum atomic E-state index is -0.221. The molecule has 110 valence electrons. The SMILES string of the molecule is Fc1c(CC2CCCCN2)cc2c(c1Br)OCCCO2. The molecule has 1 fully saturated rings. The highest BCUT2D eigenvalue weighted by Gasteiger charge is 2.23. The number of fused-ring (bicyclic) bond motifs is 1. The molecular formula is C15H19BrFNO2. The average Bonchev–Trinajstić information content (AvgIpc) is 2.71. The van der Waals surface area contributed by atoms with Gasteiger partial charge in [-0.2, -0.15) is 0 Å². The average molecular weight is 344 g/mol. The van der Waals surface area contributed by atoms with Gasteiger partial charge < -0.3 is 14.8 Å². The first-order valence-electron chi connectivity index (χ1n) is 7.25. The molecule has 1 aromatic carbocycles. The molecule has 1 unspecified atom stereocenters. The molecule has 1 saturated heterocycles. The highest BCUT2D eigenvalue weighted by molar-refractivity contribution is 9.10. The molecule has 5 heteroatoms. The Hall–Kier alpha value is -0.810. The molecule has 0 amide bonds. The van der Waals surface area contributed by atoms with Gasteiger partial charge in [0, 0.05) is 12.5 Å². The minimum absolute atomic E-state index is 0.221. The van der Waals surface area contributed by atoms with E-state index in [4.69, 9.17) is 9.47 Å². The lowest BCUT2D eigenvalue weighted by Crippen LogP contribution is -2.35. The van der Waals surface area contributed by atoms with Crippen LogP contribution >= 0.6 is 15.9 Å². The summed E-state index contributed by atoms with van der Waals surface area (Å²) in [7, 11) is 0. The lowest BCUT2D eigenvalue weighted by molar-refractivity contribution is 0.296. The van der Waals surface area contributed by atoms with Crippen molar-refractivity contribution in [2.75, 3.05) is 19.8 Å². The van der Waals surface area contributed by atoms with Crippen LogP contribution in [0.3, 0.4) is 0 Å². The van der Waals surface area contributed by atoms with E-state index in [1.165, 1.54) is 12.8 Å². The second kappa shape index (κ2) is 6.31. The lowest BCUT2D eigenvalue weighted by Gasteiger charge is -2.24. The quantitative estimate of drug-likeness (QED) is 0.892. The molecule has 0 saturated carbocycles. The van der Waals surface area contributed by atoms with E-state index in [-0.39, 0.29) is 5.82 Å². The first kappa shape index (κ1) is 14.1. The first-order valence-corrected chi connectivity index (χ1v) is 8.05. The Morgan fingerprint density at radius 1 is 1.25 bits per heavy atom. The Labute approximate surface area is 127 Å². The van der Waals surface area contributed by atoms with Crippen LogP contribution < -0.4 is 14.8 Å². The molecule has 0 spiro atoms. The molecule has 3 nitrogen and oxygen atoms in total. The molecule has 20 heavy (non-hydrogen) atoms. The van der Waals surface area contributed by atoms with Gasteiger partial charge in [-0.1, -0.05) is 6.42 Å². The van der Waals surface area contributed by atoms with Crippen LogP contribution in [0, 0.1) is 5.82 Å². The summed E-state index contributed by atoms with van der Waals surface area (Å²) in [6.07, 6.45) is 5.05. The maximum absolute atomic E-state index is 14.5. The Balaban J connectivity index is 1.86. The number of hydrogen-bond acceptors (Lipinski definition) is 3. The van der Waals surface area contributed by atoms with Crippen molar-refractivity contribution in [1.82, 2.24) is 5.32 Å². The van der Waals surface area contributed by atoms with Gasteiger partial charge in [0.1, 0.15) is 5.82 Å². The van der Waals surface area contributed by atoms with E-state index in [1.54, 1.807) is 6.07 Å². The fraction of sp³-hybridized carbons (Fsp3) is 0.600. The largest absolute Gasteiger partial charge is 0.490 e. The third-order valence-electron chi connectivity index (χ3n) is 3.87. The van der Waals surface area contributed by atoms with Crippen LogP contribution in [0.1, 0.15) is 31.2 Å². The lowest BCUT2D eigenvalue weighted by atomic mass is 9.97. The number of halogens is 2. The normalized spacial score (nSPS) is 22.4. The van der Waals surface area contributed by atoms with Crippen molar-refractivity contribution < 1.29 is 13.9 Å². The van der Waals surface area contributed by atoms with Crippen molar-refractivity contribution in [2.45, 2.75) is 38.1 Å². The summed E-state index contributed by atoms with van der Waals surface area (Å²) >= 11 is 3.32. The van der Waals surface area contributed by atoms with Crippen molar-refractivity contribution in [3.05, 3.63) is 21.9 Å². The highest BCUT2D eigenvalue weighted by atomic mass is 79.9. The van der Waals surface area contributed by atoms with Gasteiger partial charge in [0.25, 0.3) is 0 Å². The molecule has 3 rings (SSSR count). The molecule has 1 aromatic rings. The fourth-order valence-electron chi connectivity index (χ4n) is 2.81. The van der Waals surface area contributed by atoms with Crippen molar-refractivity contribution in [2.24, 2.45) is 0 Å². The molecule has 0 aliphatic carbocycles. The van der Waals surface area contributed by atoms with E-state index in [0.717, 1.165) is 19.4 Å². The summed E-state index contributed by atoms with van der Waals surface area (Å²) in [4.78, 5) is 0. The van der Waals surface area contributed by atoms with Crippen molar-refractivity contribution in [3.63, 3.8) is 0 Å². The molecule has 0 bridgehead atoms. The van der Waals surface area contributed by atoms with Crippen LogP contribution in [0.4, 0.5) is 4.39 Å². The van der Waals surface area contributed by atoms with Crippen LogP contribution in [-0.4, -0.2) is 25.8 Å². The molecule has 0 aromatic heterocycles. The minimum Gasteiger partial charge on any atom is -0.490 e. The van der Waals surface area contributed by atoms with E-state index in [0.29, 0.717) is 47.2 Å². The van der Waals surface area contributed by atoms with E-state index in [2.05, 4.69) is 21.2 Å². The van der Waals surface area contributed by atoms with Gasteiger partial charge in [0.2, 0.25) is 0 Å². The zero-order valence-electron chi connectivity index (χ0n) is 11.4. The molecule has 1 N–H and O–H groups in total. The monoisotopic (exact) mass is 343 g/mol. The first-order chi connectivity index (χ1) is 9.75. The molecule has 1 atom stereocenters. The van der Waals surface area contributed by atoms with Crippen LogP contribution in [0.25, 0.3) is 0 Å². The van der Waals surface area contributed by atoms with Gasteiger partial charge in [-0.25, -0.2) is 4.39 Å². The van der Waals surface area contributed by atoms with Gasteiger partial charge in [-0.15, -0.1) is 0 Å². The number of ether oxygens (including phenoxy) is 2. The van der Waals surface area contributed by atoms with E-state index in [1.807, 2.05) is 0 Å². The summed E-state index contributed by atoms with van der Waals surface area (Å²) in [6, 6.07) is 2.16. The number of benzene rings is 1. The summed E-state index contributed by atoms with van der Waals surface area (Å²) in [6.45, 7) is 2.21. The van der Waals surface area contributed by atoms with Crippen LogP contribution in [0.15, 0.2) is 10.5 Å². The number of hydrogen-bond donors (Lipinski definition) is 1. The van der Waals surface area contributed by atoms with E-state index < -0.39 is 0 Å². The standard InChI is InChI=1S/C15H19BrFNO2/c16-13-14(17)10(8-11-4-1-2-5-18-11)9-12-15(13)20-7-3-6-19-12/h9,11,18H,1-8H2. The maximum Gasteiger partial charge on any atom is 0.178 e. The van der Waals surface area contributed by atoms with Crippen molar-refractivity contribution in [3.8, 4) is 11.5 Å². The molecule has 2 aliphatic rings. The van der Waals surface area contributed by atoms with Gasteiger partial charge in [-0.05, 0) is 53.4 Å². The second-order valence-electron chi connectivity index (χ2n) is 5.39. The maximum atomic E-state index is 14.5. The topological polar surface area (TPSA) is 30.5 Å². The molecule has 2 aliphatic heterocycles.